The number of thioether (sulfide) groups is 1. The van der Waals surface area contributed by atoms with Crippen molar-refractivity contribution in [3.63, 3.8) is 0 Å². The number of esters is 1. The van der Waals surface area contributed by atoms with Crippen molar-refractivity contribution >= 4 is 41.2 Å². The van der Waals surface area contributed by atoms with Crippen molar-refractivity contribution in [2.45, 2.75) is 6.04 Å². The average molecular weight is 333 g/mol. The summed E-state index contributed by atoms with van der Waals surface area (Å²) in [6.45, 7) is -0.231. The molecule has 0 aliphatic carbocycles. The van der Waals surface area contributed by atoms with E-state index in [9.17, 15) is 14.4 Å². The molecule has 0 radical (unpaired) electrons. The van der Waals surface area contributed by atoms with E-state index >= 15 is 0 Å². The third-order valence-electron chi connectivity index (χ3n) is 2.40. The highest BCUT2D eigenvalue weighted by Gasteiger charge is 2.22. The standard InChI is InChI=1S/C13H16N2O4S.ClH/c1-19-12(17)10(15-11(16)7-14)8-20-13(18)9-5-3-2-4-6-9;/h2-6,10H,7-8,14H2,1H3,(H,15,16);1H/t10-;/m0./s1. The van der Waals surface area contributed by atoms with Gasteiger partial charge in [0.15, 0.2) is 0 Å². The van der Waals surface area contributed by atoms with Gasteiger partial charge in [-0.15, -0.1) is 12.4 Å². The predicted molar refractivity (Wildman–Crippen MR) is 83.5 cm³/mol. The molecule has 0 saturated heterocycles. The van der Waals surface area contributed by atoms with Gasteiger partial charge in [0, 0.05) is 11.3 Å². The lowest BCUT2D eigenvalue weighted by atomic mass is 10.2. The summed E-state index contributed by atoms with van der Waals surface area (Å²) < 4.78 is 4.58. The maximum Gasteiger partial charge on any atom is 0.329 e. The Kier molecular flexibility index (Phi) is 9.44. The number of hydrogen-bond acceptors (Lipinski definition) is 6. The van der Waals surface area contributed by atoms with Crippen LogP contribution >= 0.6 is 24.2 Å². The fourth-order valence-corrected chi connectivity index (χ4v) is 2.22. The van der Waals surface area contributed by atoms with E-state index in [0.717, 1.165) is 11.8 Å². The van der Waals surface area contributed by atoms with Crippen molar-refractivity contribution in [2.24, 2.45) is 5.73 Å². The van der Waals surface area contributed by atoms with E-state index in [1.54, 1.807) is 30.3 Å². The number of nitrogens with one attached hydrogen (secondary N) is 1. The number of hydrogen-bond donors (Lipinski definition) is 2. The van der Waals surface area contributed by atoms with Crippen LogP contribution in [0.4, 0.5) is 0 Å². The van der Waals surface area contributed by atoms with E-state index in [0.29, 0.717) is 5.56 Å². The highest BCUT2D eigenvalue weighted by Crippen LogP contribution is 2.13. The lowest BCUT2D eigenvalue weighted by Crippen LogP contribution is -2.45. The normalized spacial score (nSPS) is 11.0. The molecule has 1 amide bonds. The molecule has 0 fully saturated rings. The van der Waals surface area contributed by atoms with Gasteiger partial charge in [0.25, 0.3) is 0 Å². The number of benzene rings is 1. The predicted octanol–water partition coefficient (Wildman–Crippen LogP) is 0.598. The van der Waals surface area contributed by atoms with Crippen molar-refractivity contribution in [2.75, 3.05) is 19.4 Å². The lowest BCUT2D eigenvalue weighted by molar-refractivity contribution is -0.144. The van der Waals surface area contributed by atoms with Gasteiger partial charge in [0.2, 0.25) is 11.0 Å². The number of carbonyl (C=O) groups excluding carboxylic acids is 3. The van der Waals surface area contributed by atoms with E-state index in [-0.39, 0.29) is 29.8 Å². The molecule has 0 saturated carbocycles. The van der Waals surface area contributed by atoms with E-state index in [1.165, 1.54) is 7.11 Å². The first-order chi connectivity index (χ1) is 9.58. The summed E-state index contributed by atoms with van der Waals surface area (Å²) in [5.41, 5.74) is 5.70. The van der Waals surface area contributed by atoms with Gasteiger partial charge in [-0.25, -0.2) is 4.79 Å². The molecule has 0 bridgehead atoms. The Morgan fingerprint density at radius 3 is 2.43 bits per heavy atom. The largest absolute Gasteiger partial charge is 0.467 e. The summed E-state index contributed by atoms with van der Waals surface area (Å²) in [6.07, 6.45) is 0. The topological polar surface area (TPSA) is 98.5 Å². The van der Waals surface area contributed by atoms with Gasteiger partial charge in [-0.2, -0.15) is 0 Å². The second-order valence-corrected chi connectivity index (χ2v) is 4.80. The molecule has 8 heteroatoms. The van der Waals surface area contributed by atoms with Crippen LogP contribution in [0, 0.1) is 0 Å². The number of amides is 1. The molecule has 0 heterocycles. The van der Waals surface area contributed by atoms with Crippen LogP contribution in [0.1, 0.15) is 10.4 Å². The van der Waals surface area contributed by atoms with E-state index in [4.69, 9.17) is 5.73 Å². The highest BCUT2D eigenvalue weighted by atomic mass is 35.5. The van der Waals surface area contributed by atoms with Crippen molar-refractivity contribution in [1.82, 2.24) is 5.32 Å². The minimum atomic E-state index is -0.895. The molecule has 1 rings (SSSR count). The van der Waals surface area contributed by atoms with Crippen LogP contribution in [0.15, 0.2) is 30.3 Å². The molecule has 0 aliphatic heterocycles. The van der Waals surface area contributed by atoms with Gasteiger partial charge >= 0.3 is 5.97 Å². The van der Waals surface area contributed by atoms with Crippen LogP contribution in [0.5, 0.6) is 0 Å². The molecular formula is C13H17ClN2O4S. The quantitative estimate of drug-likeness (QED) is 0.740. The van der Waals surface area contributed by atoms with Crippen molar-refractivity contribution in [3.8, 4) is 0 Å². The average Bonchev–Trinajstić information content (AvgIpc) is 2.50. The molecule has 1 aromatic rings. The Morgan fingerprint density at radius 2 is 1.90 bits per heavy atom. The van der Waals surface area contributed by atoms with Gasteiger partial charge in [-0.05, 0) is 0 Å². The van der Waals surface area contributed by atoms with Gasteiger partial charge < -0.3 is 15.8 Å². The second-order valence-electron chi connectivity index (χ2n) is 3.81. The van der Waals surface area contributed by atoms with Crippen LogP contribution in [0.3, 0.4) is 0 Å². The molecule has 0 aliphatic rings. The van der Waals surface area contributed by atoms with Crippen molar-refractivity contribution < 1.29 is 19.1 Å². The smallest absolute Gasteiger partial charge is 0.329 e. The minimum absolute atomic E-state index is 0. The summed E-state index contributed by atoms with van der Waals surface area (Å²) >= 11 is 0.939. The molecule has 3 N–H and O–H groups in total. The molecule has 6 nitrogen and oxygen atoms in total. The van der Waals surface area contributed by atoms with Gasteiger partial charge in [0.1, 0.15) is 6.04 Å². The summed E-state index contributed by atoms with van der Waals surface area (Å²) in [4.78, 5) is 34.6. The summed E-state index contributed by atoms with van der Waals surface area (Å²) in [5, 5.41) is 2.23. The molecule has 1 atom stereocenters. The summed E-state index contributed by atoms with van der Waals surface area (Å²) in [7, 11) is 1.22. The van der Waals surface area contributed by atoms with Gasteiger partial charge in [-0.3, -0.25) is 9.59 Å². The third kappa shape index (κ3) is 6.61. The zero-order valence-corrected chi connectivity index (χ0v) is 13.0. The Bertz CT molecular complexity index is 484. The van der Waals surface area contributed by atoms with E-state index in [2.05, 4.69) is 10.1 Å². The Morgan fingerprint density at radius 1 is 1.29 bits per heavy atom. The van der Waals surface area contributed by atoms with Gasteiger partial charge in [0.05, 0.1) is 13.7 Å². The summed E-state index contributed by atoms with van der Waals surface area (Å²) in [6, 6.07) is 7.78. The number of ether oxygens (including phenoxy) is 1. The maximum atomic E-state index is 11.9. The Labute approximate surface area is 133 Å². The molecular weight excluding hydrogens is 316 g/mol. The lowest BCUT2D eigenvalue weighted by Gasteiger charge is -2.15. The monoisotopic (exact) mass is 332 g/mol. The number of rotatable bonds is 6. The molecule has 21 heavy (non-hydrogen) atoms. The Balaban J connectivity index is 0.00000400. The number of methoxy groups -OCH3 is 1. The van der Waals surface area contributed by atoms with E-state index in [1.807, 2.05) is 0 Å². The molecule has 116 valence electrons. The first kappa shape index (κ1) is 19.4. The fraction of sp³-hybridized carbons (Fsp3) is 0.308. The van der Waals surface area contributed by atoms with Crippen LogP contribution in [0.25, 0.3) is 0 Å². The zero-order valence-electron chi connectivity index (χ0n) is 11.4. The summed E-state index contributed by atoms with van der Waals surface area (Å²) in [5.74, 6) is -1.00. The SMILES string of the molecule is COC(=O)[C@H](CSC(=O)c1ccccc1)NC(=O)CN.Cl. The molecule has 1 aromatic carbocycles. The molecule has 0 spiro atoms. The second kappa shape index (κ2) is 10.2. The van der Waals surface area contributed by atoms with Crippen LogP contribution in [0.2, 0.25) is 0 Å². The maximum absolute atomic E-state index is 11.9. The van der Waals surface area contributed by atoms with E-state index < -0.39 is 17.9 Å². The zero-order chi connectivity index (χ0) is 15.0. The third-order valence-corrected chi connectivity index (χ3v) is 3.39. The molecule has 0 aromatic heterocycles. The first-order valence-electron chi connectivity index (χ1n) is 5.88. The van der Waals surface area contributed by atoms with Gasteiger partial charge in [-0.1, -0.05) is 42.1 Å². The molecule has 0 unspecified atom stereocenters. The highest BCUT2D eigenvalue weighted by molar-refractivity contribution is 8.14. The fourth-order valence-electron chi connectivity index (χ4n) is 1.38. The van der Waals surface area contributed by atoms with Crippen molar-refractivity contribution in [3.05, 3.63) is 35.9 Å². The first-order valence-corrected chi connectivity index (χ1v) is 6.86. The van der Waals surface area contributed by atoms with Crippen LogP contribution < -0.4 is 11.1 Å². The minimum Gasteiger partial charge on any atom is -0.467 e. The van der Waals surface area contributed by atoms with Crippen LogP contribution in [-0.2, 0) is 14.3 Å². The number of halogens is 1. The Hall–Kier alpha value is -1.57. The number of nitrogens with two attached hydrogens (primary N) is 1. The van der Waals surface area contributed by atoms with Crippen molar-refractivity contribution in [1.29, 1.82) is 0 Å². The van der Waals surface area contributed by atoms with Crippen LogP contribution in [-0.4, -0.2) is 42.4 Å². The number of carbonyl (C=O) groups is 3.